The number of hydrogen-bond acceptors (Lipinski definition) is 6. The molecular formula is C23H25N7O. The summed E-state index contributed by atoms with van der Waals surface area (Å²) in [5, 5.41) is 10.4. The monoisotopic (exact) mass is 415 g/mol. The molecule has 1 aliphatic carbocycles. The molecule has 3 atom stereocenters. The molecule has 1 amide bonds. The van der Waals surface area contributed by atoms with Crippen molar-refractivity contribution in [3.05, 3.63) is 48.2 Å². The highest BCUT2D eigenvalue weighted by molar-refractivity contribution is 5.94. The molecule has 3 aromatic rings. The van der Waals surface area contributed by atoms with Crippen LogP contribution in [0.15, 0.2) is 36.8 Å². The number of hydrogen-bond donors (Lipinski definition) is 0. The van der Waals surface area contributed by atoms with Gasteiger partial charge in [0.25, 0.3) is 5.91 Å². The third-order valence-corrected chi connectivity index (χ3v) is 6.93. The number of aromatic nitrogens is 4. The number of rotatable bonds is 3. The SMILES string of the molecule is CN(C(=O)c1ccc2ccn(C)c2n1)[C@H]1C[C@H]2CCN(c3nccnc3C#N)C[C@H]2C1. The summed E-state index contributed by atoms with van der Waals surface area (Å²) in [6.45, 7) is 1.72. The molecule has 8 heteroatoms. The highest BCUT2D eigenvalue weighted by Gasteiger charge is 2.41. The third kappa shape index (κ3) is 3.40. The number of fused-ring (bicyclic) bond motifs is 2. The maximum atomic E-state index is 13.2. The van der Waals surface area contributed by atoms with Crippen LogP contribution in [0.3, 0.4) is 0 Å². The summed E-state index contributed by atoms with van der Waals surface area (Å²) >= 11 is 0. The van der Waals surface area contributed by atoms with Crippen molar-refractivity contribution in [2.75, 3.05) is 25.0 Å². The second-order valence-electron chi connectivity index (χ2n) is 8.67. The number of anilines is 1. The van der Waals surface area contributed by atoms with Gasteiger partial charge in [0, 0.05) is 57.2 Å². The molecular weight excluding hydrogens is 390 g/mol. The van der Waals surface area contributed by atoms with Crippen LogP contribution in [0.4, 0.5) is 5.82 Å². The Labute approximate surface area is 181 Å². The van der Waals surface area contributed by atoms with Crippen LogP contribution in [0.25, 0.3) is 11.0 Å². The normalized spacial score (nSPS) is 22.9. The van der Waals surface area contributed by atoms with E-state index >= 15 is 0 Å². The van der Waals surface area contributed by atoms with Gasteiger partial charge in [-0.1, -0.05) is 0 Å². The second-order valence-corrected chi connectivity index (χ2v) is 8.67. The lowest BCUT2D eigenvalue weighted by molar-refractivity contribution is 0.0725. The molecule has 1 saturated carbocycles. The molecule has 31 heavy (non-hydrogen) atoms. The summed E-state index contributed by atoms with van der Waals surface area (Å²) in [5.41, 5.74) is 1.70. The van der Waals surface area contributed by atoms with E-state index in [1.54, 1.807) is 12.4 Å². The fourth-order valence-corrected chi connectivity index (χ4v) is 5.20. The van der Waals surface area contributed by atoms with Gasteiger partial charge >= 0.3 is 0 Å². The molecule has 0 aromatic carbocycles. The van der Waals surface area contributed by atoms with Crippen LogP contribution in [-0.4, -0.2) is 56.5 Å². The number of carbonyl (C=O) groups excluding carboxylic acids is 1. The van der Waals surface area contributed by atoms with Gasteiger partial charge in [-0.15, -0.1) is 0 Å². The summed E-state index contributed by atoms with van der Waals surface area (Å²) in [6.07, 6.45) is 8.16. The number of nitriles is 1. The molecule has 1 saturated heterocycles. The summed E-state index contributed by atoms with van der Waals surface area (Å²) in [6, 6.07) is 8.14. The first-order valence-electron chi connectivity index (χ1n) is 10.7. The Balaban J connectivity index is 1.30. The predicted molar refractivity (Wildman–Crippen MR) is 116 cm³/mol. The maximum absolute atomic E-state index is 13.2. The minimum Gasteiger partial charge on any atom is -0.354 e. The van der Waals surface area contributed by atoms with Gasteiger partial charge in [0.05, 0.1) is 0 Å². The fourth-order valence-electron chi connectivity index (χ4n) is 5.20. The lowest BCUT2D eigenvalue weighted by Crippen LogP contribution is -2.39. The van der Waals surface area contributed by atoms with Crippen LogP contribution >= 0.6 is 0 Å². The Bertz CT molecular complexity index is 1180. The Hall–Kier alpha value is -3.47. The maximum Gasteiger partial charge on any atom is 0.272 e. The standard InChI is InChI=1S/C23H25N7O/c1-28-9-5-15-3-4-19(27-21(15)28)23(31)29(2)18-11-16-6-10-30(14-17(16)12-18)22-20(13-24)25-7-8-26-22/h3-5,7-9,16-18H,6,10-12,14H2,1-2H3/t16-,17-,18+/m1/s1. The smallest absolute Gasteiger partial charge is 0.272 e. The van der Waals surface area contributed by atoms with Gasteiger partial charge in [0.2, 0.25) is 0 Å². The quantitative estimate of drug-likeness (QED) is 0.653. The second kappa shape index (κ2) is 7.65. The van der Waals surface area contributed by atoms with Gasteiger partial charge in [-0.3, -0.25) is 4.79 Å². The molecule has 158 valence electrons. The van der Waals surface area contributed by atoms with E-state index in [1.165, 1.54) is 0 Å². The Morgan fingerprint density at radius 1 is 1.19 bits per heavy atom. The Kier molecular flexibility index (Phi) is 4.81. The van der Waals surface area contributed by atoms with Crippen LogP contribution in [0, 0.1) is 23.2 Å². The summed E-state index contributed by atoms with van der Waals surface area (Å²) in [5.74, 6) is 1.72. The highest BCUT2D eigenvalue weighted by Crippen LogP contribution is 2.41. The zero-order valence-corrected chi connectivity index (χ0v) is 17.8. The number of carbonyl (C=O) groups is 1. The van der Waals surface area contributed by atoms with E-state index in [4.69, 9.17) is 0 Å². The molecule has 0 radical (unpaired) electrons. The number of nitrogens with zero attached hydrogens (tertiary/aromatic N) is 7. The Morgan fingerprint density at radius 2 is 2.00 bits per heavy atom. The molecule has 2 aliphatic rings. The fraction of sp³-hybridized carbons (Fsp3) is 0.435. The number of piperidine rings is 1. The van der Waals surface area contributed by atoms with Gasteiger partial charge in [0.15, 0.2) is 11.5 Å². The molecule has 4 heterocycles. The van der Waals surface area contributed by atoms with Crippen LogP contribution in [0.5, 0.6) is 0 Å². The largest absolute Gasteiger partial charge is 0.354 e. The van der Waals surface area contributed by atoms with Crippen molar-refractivity contribution in [2.45, 2.75) is 25.3 Å². The summed E-state index contributed by atoms with van der Waals surface area (Å²) < 4.78 is 1.94. The van der Waals surface area contributed by atoms with Crippen molar-refractivity contribution in [3.8, 4) is 6.07 Å². The first-order valence-corrected chi connectivity index (χ1v) is 10.7. The highest BCUT2D eigenvalue weighted by atomic mass is 16.2. The average Bonchev–Trinajstić information content (AvgIpc) is 3.40. The van der Waals surface area contributed by atoms with Crippen LogP contribution < -0.4 is 4.90 Å². The van der Waals surface area contributed by atoms with Crippen LogP contribution in [-0.2, 0) is 7.05 Å². The van der Waals surface area contributed by atoms with Gasteiger partial charge in [-0.25, -0.2) is 15.0 Å². The molecule has 8 nitrogen and oxygen atoms in total. The van der Waals surface area contributed by atoms with Crippen molar-refractivity contribution in [3.63, 3.8) is 0 Å². The van der Waals surface area contributed by atoms with Crippen molar-refractivity contribution in [1.82, 2.24) is 24.4 Å². The van der Waals surface area contributed by atoms with E-state index in [9.17, 15) is 10.1 Å². The Morgan fingerprint density at radius 3 is 2.84 bits per heavy atom. The predicted octanol–water partition coefficient (Wildman–Crippen LogP) is 2.61. The first-order chi connectivity index (χ1) is 15.0. The zero-order chi connectivity index (χ0) is 21.5. The van der Waals surface area contributed by atoms with Gasteiger partial charge in [0.1, 0.15) is 17.4 Å². The van der Waals surface area contributed by atoms with E-state index in [-0.39, 0.29) is 11.9 Å². The zero-order valence-electron chi connectivity index (χ0n) is 17.8. The molecule has 5 rings (SSSR count). The van der Waals surface area contributed by atoms with E-state index in [0.717, 1.165) is 43.4 Å². The lowest BCUT2D eigenvalue weighted by atomic mass is 9.88. The number of amides is 1. The third-order valence-electron chi connectivity index (χ3n) is 6.93. The summed E-state index contributed by atoms with van der Waals surface area (Å²) in [7, 11) is 3.84. The van der Waals surface area contributed by atoms with Gasteiger partial charge in [-0.05, 0) is 49.3 Å². The van der Waals surface area contributed by atoms with Crippen molar-refractivity contribution < 1.29 is 4.79 Å². The molecule has 1 aliphatic heterocycles. The van der Waals surface area contributed by atoms with Crippen LogP contribution in [0.2, 0.25) is 0 Å². The molecule has 0 spiro atoms. The van der Waals surface area contributed by atoms with Crippen LogP contribution in [0.1, 0.15) is 35.4 Å². The molecule has 0 N–H and O–H groups in total. The van der Waals surface area contributed by atoms with Crippen molar-refractivity contribution >= 4 is 22.8 Å². The van der Waals surface area contributed by atoms with E-state index in [1.807, 2.05) is 48.0 Å². The minimum atomic E-state index is -0.0238. The minimum absolute atomic E-state index is 0.0238. The molecule has 2 fully saturated rings. The van der Waals surface area contributed by atoms with Gasteiger partial charge < -0.3 is 14.4 Å². The van der Waals surface area contributed by atoms with E-state index in [0.29, 0.717) is 29.0 Å². The number of aryl methyl sites for hydroxylation is 1. The van der Waals surface area contributed by atoms with Crippen molar-refractivity contribution in [1.29, 1.82) is 5.26 Å². The average molecular weight is 416 g/mol. The van der Waals surface area contributed by atoms with E-state index in [2.05, 4.69) is 25.9 Å². The van der Waals surface area contributed by atoms with Gasteiger partial charge in [-0.2, -0.15) is 5.26 Å². The molecule has 3 aromatic heterocycles. The van der Waals surface area contributed by atoms with Crippen molar-refractivity contribution in [2.24, 2.45) is 18.9 Å². The summed E-state index contributed by atoms with van der Waals surface area (Å²) in [4.78, 5) is 30.4. The molecule has 0 bridgehead atoms. The topological polar surface area (TPSA) is 90.9 Å². The van der Waals surface area contributed by atoms with E-state index < -0.39 is 0 Å². The first kappa shape index (κ1) is 19.5. The lowest BCUT2D eigenvalue weighted by Gasteiger charge is -2.35. The number of pyridine rings is 1. The molecule has 0 unspecified atom stereocenters.